The summed E-state index contributed by atoms with van der Waals surface area (Å²) in [6.07, 6.45) is 33.0. The highest BCUT2D eigenvalue weighted by Gasteiger charge is 2.27. The van der Waals surface area contributed by atoms with E-state index in [1.807, 2.05) is 0 Å². The topological polar surface area (TPSA) is 119 Å². The number of nitrogens with zero attached hydrogens (tertiary/aromatic N) is 9. The molecule has 4 saturated heterocycles. The van der Waals surface area contributed by atoms with Crippen molar-refractivity contribution in [3.8, 4) is 0 Å². The number of rotatable bonds is 16. The molecule has 17 rings (SSSR count). The van der Waals surface area contributed by atoms with Crippen LogP contribution in [0, 0.1) is 0 Å². The van der Waals surface area contributed by atoms with E-state index in [2.05, 4.69) is 411 Å². The fourth-order valence-electron chi connectivity index (χ4n) is 19.0. The lowest BCUT2D eigenvalue weighted by atomic mass is 9.95. The first-order valence-corrected chi connectivity index (χ1v) is 47.6. The molecule has 4 aliphatic heterocycles. The summed E-state index contributed by atoms with van der Waals surface area (Å²) in [4.78, 5) is 9.85. The van der Waals surface area contributed by atoms with Gasteiger partial charge in [0.2, 0.25) is 0 Å². The smallest absolute Gasteiger partial charge is 0.0485 e. The van der Waals surface area contributed by atoms with Gasteiger partial charge in [-0.05, 0) is 401 Å². The number of anilines is 6. The van der Waals surface area contributed by atoms with Crippen molar-refractivity contribution in [1.29, 1.82) is 0 Å². The van der Waals surface area contributed by atoms with Crippen LogP contribution in [0.2, 0.25) is 0 Å². The van der Waals surface area contributed by atoms with Crippen LogP contribution in [-0.2, 0) is 17.7 Å². The molecule has 6 N–H and O–H groups in total. The Morgan fingerprint density at radius 3 is 1.06 bits per heavy atom. The minimum atomic E-state index is 0.0942. The molecule has 124 heavy (non-hydrogen) atoms. The normalized spacial score (nSPS) is 17.2. The number of ether oxygens (including phenoxy) is 1. The Morgan fingerprint density at radius 1 is 0.355 bits per heavy atom. The van der Waals surface area contributed by atoms with E-state index < -0.39 is 0 Å². The van der Waals surface area contributed by atoms with E-state index in [9.17, 15) is 0 Å². The first kappa shape index (κ1) is 94.5. The van der Waals surface area contributed by atoms with Gasteiger partial charge in [-0.1, -0.05) is 43.4 Å². The van der Waals surface area contributed by atoms with Crippen LogP contribution in [0.1, 0.15) is 264 Å². The van der Waals surface area contributed by atoms with Gasteiger partial charge in [0, 0.05) is 229 Å². The second kappa shape index (κ2) is 41.4. The summed E-state index contributed by atoms with van der Waals surface area (Å²) >= 11 is 0. The highest BCUT2D eigenvalue weighted by atomic mass is 16.5. The standard InChI is InChI=1S/C20H31N3.C19H29N3.C18H27N3.C18H26N2.C17H24N2O.C16H24N2/c1-15(2)22-11-9-18(10-12-22)23-13-8-16-14-17(6-7-19(16)23)21-20(3,4)5;1-19(2,3)20-17-7-8-18-16(15-17)9-12-22(18)14-13-21-10-5-4-6-11-21;1-18(2,3)19-15-5-6-17-14(13-15)7-12-21(17)16-8-10-20(4)11-9-16;1-18(2,3)19-15-9-10-17-14(13-15)11-12-20(17)16-7-5-4-6-8-16;1-17(2,3)18-14-4-5-16-13(12-14)6-9-19(16)15-7-10-20-11-8-15;1-16(2,3)17-15-7-6-13-8-12(11-18(4)5)9-14(13)10-15/h6-8,13-15,18,21H,9-12H2,1-5H3;7-9,12,15,20H,4-6,10-11,13-14H2,1-3H3;5-7,12-13,16,19H,8-11H2,1-4H3;9-13,16,19H,4-8H2,1-3H3;4-6,9,12,15,18H,7-8,10-11H2,1-3H3;6-7,9-10,17H,8,11H2,1-5H3. The van der Waals surface area contributed by atoms with Gasteiger partial charge in [-0.2, -0.15) is 0 Å². The Hall–Kier alpha value is -8.64. The molecule has 1 saturated carbocycles. The van der Waals surface area contributed by atoms with Crippen LogP contribution in [-0.4, -0.2) is 168 Å². The summed E-state index contributed by atoms with van der Waals surface area (Å²) in [7, 11) is 6.46. The number of fused-ring (bicyclic) bond motifs is 6. The Kier molecular flexibility index (Phi) is 31.6. The lowest BCUT2D eigenvalue weighted by Crippen LogP contribution is -2.38. The Bertz CT molecular complexity index is 5080. The van der Waals surface area contributed by atoms with Crippen LogP contribution in [0.15, 0.2) is 176 Å². The first-order chi connectivity index (χ1) is 58.7. The summed E-state index contributed by atoms with van der Waals surface area (Å²) in [5, 5.41) is 27.9. The summed E-state index contributed by atoms with van der Waals surface area (Å²) in [5.41, 5.74) is 19.0. The fourth-order valence-corrected chi connectivity index (χ4v) is 19.0. The number of nitrogens with one attached hydrogen (secondary N) is 6. The summed E-state index contributed by atoms with van der Waals surface area (Å²) < 4.78 is 17.7. The van der Waals surface area contributed by atoms with Crippen molar-refractivity contribution in [2.45, 2.75) is 305 Å². The molecule has 0 radical (unpaired) electrons. The molecule has 9 heterocycles. The maximum Gasteiger partial charge on any atom is 0.0485 e. The Morgan fingerprint density at radius 2 is 0.685 bits per heavy atom. The van der Waals surface area contributed by atoms with Crippen molar-refractivity contribution in [3.63, 3.8) is 0 Å². The molecule has 5 fully saturated rings. The van der Waals surface area contributed by atoms with Crippen LogP contribution in [0.5, 0.6) is 0 Å². The van der Waals surface area contributed by atoms with Crippen LogP contribution in [0.3, 0.4) is 0 Å². The highest BCUT2D eigenvalue weighted by molar-refractivity contribution is 5.88. The lowest BCUT2D eigenvalue weighted by Gasteiger charge is -2.35. The second-order valence-electron chi connectivity index (χ2n) is 43.6. The number of likely N-dealkylation sites (N-methyl/N-ethyl adjacent to an activating group) is 1. The highest BCUT2D eigenvalue weighted by Crippen LogP contribution is 2.38. The van der Waals surface area contributed by atoms with E-state index in [1.54, 1.807) is 0 Å². The Balaban J connectivity index is 0.000000136. The van der Waals surface area contributed by atoms with Crippen molar-refractivity contribution in [3.05, 3.63) is 187 Å². The van der Waals surface area contributed by atoms with Gasteiger partial charge in [-0.25, -0.2) is 0 Å². The van der Waals surface area contributed by atoms with Crippen molar-refractivity contribution >= 4 is 94.7 Å². The maximum atomic E-state index is 5.46. The molecule has 0 spiro atoms. The predicted molar refractivity (Wildman–Crippen MR) is 539 cm³/mol. The summed E-state index contributed by atoms with van der Waals surface area (Å²) in [5.74, 6) is 0. The van der Waals surface area contributed by atoms with Crippen LogP contribution in [0.25, 0.3) is 60.6 Å². The third kappa shape index (κ3) is 28.2. The van der Waals surface area contributed by atoms with Crippen LogP contribution in [0.4, 0.5) is 34.1 Å². The molecular formula is C108H161N15O. The van der Waals surface area contributed by atoms with Gasteiger partial charge < -0.3 is 79.1 Å². The number of hydrogen-bond donors (Lipinski definition) is 6. The van der Waals surface area contributed by atoms with Crippen molar-refractivity contribution < 1.29 is 4.74 Å². The van der Waals surface area contributed by atoms with Crippen LogP contribution >= 0.6 is 0 Å². The van der Waals surface area contributed by atoms with Gasteiger partial charge >= 0.3 is 0 Å². The fraction of sp³-hybridized carbons (Fsp3) is 0.556. The van der Waals surface area contributed by atoms with Crippen LogP contribution < -0.4 is 31.9 Å². The predicted octanol–water partition coefficient (Wildman–Crippen LogP) is 26.3. The molecule has 2 aliphatic carbocycles. The number of benzene rings is 6. The van der Waals surface area contributed by atoms with E-state index in [4.69, 9.17) is 4.74 Å². The third-order valence-corrected chi connectivity index (χ3v) is 24.6. The third-order valence-electron chi connectivity index (χ3n) is 24.6. The second-order valence-corrected chi connectivity index (χ2v) is 43.6. The van der Waals surface area contributed by atoms with E-state index >= 15 is 0 Å². The van der Waals surface area contributed by atoms with Crippen molar-refractivity contribution in [1.82, 2.24) is 42.4 Å². The maximum absolute atomic E-state index is 5.46. The summed E-state index contributed by atoms with van der Waals surface area (Å²) in [6.45, 7) is 56.6. The molecule has 0 atom stereocenters. The Labute approximate surface area is 748 Å². The molecule has 16 heteroatoms. The largest absolute Gasteiger partial charge is 0.381 e. The van der Waals surface area contributed by atoms with E-state index in [0.29, 0.717) is 30.2 Å². The average molecular weight is 1690 g/mol. The zero-order chi connectivity index (χ0) is 88.9. The minimum absolute atomic E-state index is 0.0942. The quantitative estimate of drug-likeness (QED) is 0.0555. The zero-order valence-corrected chi connectivity index (χ0v) is 80.9. The number of piperidine rings is 3. The average Bonchev–Trinajstić information content (AvgIpc) is 1.66. The lowest BCUT2D eigenvalue weighted by molar-refractivity contribution is 0.0707. The van der Waals surface area contributed by atoms with E-state index in [0.717, 1.165) is 45.6 Å². The van der Waals surface area contributed by atoms with Gasteiger partial charge in [-0.15, -0.1) is 0 Å². The van der Waals surface area contributed by atoms with Crippen molar-refractivity contribution in [2.75, 3.05) is 119 Å². The molecule has 0 amide bonds. The first-order valence-electron chi connectivity index (χ1n) is 47.6. The molecule has 16 nitrogen and oxygen atoms in total. The molecule has 0 bridgehead atoms. The monoisotopic (exact) mass is 1680 g/mol. The minimum Gasteiger partial charge on any atom is -0.381 e. The van der Waals surface area contributed by atoms with E-state index in [-0.39, 0.29) is 33.2 Å². The molecule has 0 unspecified atom stereocenters. The molecule has 6 aliphatic rings. The molecule has 5 aromatic heterocycles. The molecule has 6 aromatic carbocycles. The number of likely N-dealkylation sites (tertiary alicyclic amines) is 3. The zero-order valence-electron chi connectivity index (χ0n) is 80.9. The van der Waals surface area contributed by atoms with Gasteiger partial charge in [0.15, 0.2) is 0 Å². The van der Waals surface area contributed by atoms with E-state index in [1.165, 1.54) is 228 Å². The van der Waals surface area contributed by atoms with Gasteiger partial charge in [0.1, 0.15) is 0 Å². The van der Waals surface area contributed by atoms with Gasteiger partial charge in [0.25, 0.3) is 0 Å². The van der Waals surface area contributed by atoms with Gasteiger partial charge in [0.05, 0.1) is 0 Å². The molecule has 11 aromatic rings. The summed E-state index contributed by atoms with van der Waals surface area (Å²) in [6, 6.07) is 54.9. The number of aromatic nitrogens is 5. The molecule has 674 valence electrons. The number of hydrogen-bond acceptors (Lipinski definition) is 11. The van der Waals surface area contributed by atoms with Crippen molar-refractivity contribution in [2.24, 2.45) is 0 Å². The molecular weight excluding hydrogens is 1520 g/mol. The SMILES string of the molecule is CC(C)(C)Nc1ccc2c(ccn2C2CCCCC2)c1.CC(C)(C)Nc1ccc2c(ccn2C2CCOCC2)c1.CC(C)(C)Nc1ccc2c(ccn2CCN2CCCCC2)c1.CC(C)N1CCC(n2ccc3cc(NC(C)(C)C)ccc32)CC1.CN(C)CC1=Cc2cc(NC(C)(C)C)ccc2C1.CN1CCC(n2ccc3cc(NC(C)(C)C)ccc32)CC1. The van der Waals surface area contributed by atoms with Gasteiger partial charge in [-0.3, -0.25) is 0 Å².